The summed E-state index contributed by atoms with van der Waals surface area (Å²) < 4.78 is 0. The van der Waals surface area contributed by atoms with E-state index >= 15 is 0 Å². The average molecular weight is 226 g/mol. The Morgan fingerprint density at radius 2 is 1.94 bits per heavy atom. The molecule has 0 radical (unpaired) electrons. The van der Waals surface area contributed by atoms with Gasteiger partial charge in [0, 0.05) is 11.6 Å². The van der Waals surface area contributed by atoms with Crippen LogP contribution in [0.1, 0.15) is 10.5 Å². The largest absolute Gasteiger partial charge is 0.296 e. The second kappa shape index (κ2) is 5.50. The van der Waals surface area contributed by atoms with Gasteiger partial charge in [-0.2, -0.15) is 0 Å². The Kier molecular flexibility index (Phi) is 3.54. The van der Waals surface area contributed by atoms with Gasteiger partial charge in [0.25, 0.3) is 0 Å². The first-order valence-corrected chi connectivity index (χ1v) is 5.01. The van der Waals surface area contributed by atoms with E-state index in [1.807, 2.05) is 30.5 Å². The van der Waals surface area contributed by atoms with E-state index in [9.17, 15) is 4.79 Å². The van der Waals surface area contributed by atoms with E-state index < -0.39 is 0 Å². The van der Waals surface area contributed by atoms with Crippen LogP contribution in [0.15, 0.2) is 48.8 Å². The maximum absolute atomic E-state index is 9.75. The maximum atomic E-state index is 9.75. The Balaban J connectivity index is 0.000000136. The number of para-hydroxylation sites is 1. The molecule has 2 heterocycles. The Morgan fingerprint density at radius 3 is 2.59 bits per heavy atom. The number of nitrogens with zero attached hydrogens (tertiary/aromatic N) is 3. The lowest BCUT2D eigenvalue weighted by atomic mass is 10.2. The molecule has 3 aromatic rings. The molecule has 0 atom stereocenters. The molecule has 0 saturated heterocycles. The number of fused-ring (bicyclic) bond motifs is 1. The highest BCUT2D eigenvalue weighted by molar-refractivity contribution is 5.77. The molecular formula is C12H10N4O. The van der Waals surface area contributed by atoms with Crippen molar-refractivity contribution in [3.63, 3.8) is 0 Å². The van der Waals surface area contributed by atoms with E-state index in [-0.39, 0.29) is 0 Å². The Morgan fingerprint density at radius 1 is 1.12 bits per heavy atom. The number of benzene rings is 1. The molecule has 3 rings (SSSR count). The van der Waals surface area contributed by atoms with Gasteiger partial charge in [0.1, 0.15) is 5.69 Å². The van der Waals surface area contributed by atoms with Crippen molar-refractivity contribution < 1.29 is 4.79 Å². The molecule has 0 aliphatic heterocycles. The third-order valence-electron chi connectivity index (χ3n) is 2.07. The smallest absolute Gasteiger partial charge is 0.171 e. The molecule has 0 aliphatic carbocycles. The topological polar surface area (TPSA) is 71.5 Å². The monoisotopic (exact) mass is 226 g/mol. The highest BCUT2D eigenvalue weighted by Crippen LogP contribution is 2.07. The van der Waals surface area contributed by atoms with E-state index in [1.54, 1.807) is 0 Å². The Hall–Kier alpha value is -2.56. The molecule has 2 aromatic heterocycles. The normalized spacial score (nSPS) is 9.41. The predicted molar refractivity (Wildman–Crippen MR) is 63.5 cm³/mol. The Labute approximate surface area is 97.5 Å². The number of aromatic amines is 1. The molecule has 1 N–H and O–H groups in total. The number of H-pyrrole nitrogens is 1. The van der Waals surface area contributed by atoms with Crippen molar-refractivity contribution in [3.05, 3.63) is 54.5 Å². The number of aromatic nitrogens is 4. The number of hydrogen-bond donors (Lipinski definition) is 1. The minimum absolute atomic E-state index is 0.333. The third kappa shape index (κ3) is 2.94. The standard InChI is InChI=1S/C9H7N.C3H3N3O/c1-2-6-9-8(4-1)5-3-7-10-9;7-2-3-1-4-6-5-3/h1-7H;1-2H,(H,4,5,6). The van der Waals surface area contributed by atoms with Crippen molar-refractivity contribution in [3.8, 4) is 0 Å². The number of carbonyl (C=O) groups is 1. The van der Waals surface area contributed by atoms with Crippen LogP contribution in [-0.4, -0.2) is 26.7 Å². The lowest BCUT2D eigenvalue weighted by Gasteiger charge is -1.91. The second-order valence-electron chi connectivity index (χ2n) is 3.21. The van der Waals surface area contributed by atoms with Crippen molar-refractivity contribution in [1.29, 1.82) is 0 Å². The zero-order valence-electron chi connectivity index (χ0n) is 8.95. The molecule has 0 unspecified atom stereocenters. The molecule has 0 aliphatic rings. The summed E-state index contributed by atoms with van der Waals surface area (Å²) in [5.41, 5.74) is 1.39. The lowest BCUT2D eigenvalue weighted by Crippen LogP contribution is -1.75. The van der Waals surface area contributed by atoms with Gasteiger partial charge in [0.15, 0.2) is 6.29 Å². The summed E-state index contributed by atoms with van der Waals surface area (Å²) in [4.78, 5) is 13.9. The van der Waals surface area contributed by atoms with Crippen LogP contribution in [0, 0.1) is 0 Å². The zero-order chi connectivity index (χ0) is 11.9. The molecule has 0 amide bonds. The summed E-state index contributed by atoms with van der Waals surface area (Å²) in [6, 6.07) is 12.1. The highest BCUT2D eigenvalue weighted by Gasteiger charge is 1.86. The number of hydrogen-bond acceptors (Lipinski definition) is 4. The summed E-state index contributed by atoms with van der Waals surface area (Å²) in [5.74, 6) is 0. The van der Waals surface area contributed by atoms with Crippen LogP contribution in [0.25, 0.3) is 10.9 Å². The molecule has 5 nitrogen and oxygen atoms in total. The fraction of sp³-hybridized carbons (Fsp3) is 0. The second-order valence-corrected chi connectivity index (χ2v) is 3.21. The first-order valence-electron chi connectivity index (χ1n) is 5.01. The predicted octanol–water partition coefficient (Wildman–Crippen LogP) is 1.85. The van der Waals surface area contributed by atoms with Gasteiger partial charge in [-0.1, -0.05) is 29.5 Å². The summed E-state index contributed by atoms with van der Waals surface area (Å²) >= 11 is 0. The molecule has 0 saturated carbocycles. The number of rotatable bonds is 1. The number of aldehydes is 1. The molecule has 0 bridgehead atoms. The van der Waals surface area contributed by atoms with Crippen molar-refractivity contribution in [2.45, 2.75) is 0 Å². The summed E-state index contributed by atoms with van der Waals surface area (Å²) in [7, 11) is 0. The van der Waals surface area contributed by atoms with Crippen LogP contribution in [0.4, 0.5) is 0 Å². The first kappa shape index (κ1) is 10.9. The van der Waals surface area contributed by atoms with Crippen molar-refractivity contribution in [1.82, 2.24) is 20.4 Å². The molecule has 1 aromatic carbocycles. The molecule has 5 heteroatoms. The van der Waals surface area contributed by atoms with Crippen molar-refractivity contribution >= 4 is 17.2 Å². The fourth-order valence-corrected chi connectivity index (χ4v) is 1.28. The first-order chi connectivity index (χ1) is 8.40. The van der Waals surface area contributed by atoms with E-state index in [1.165, 1.54) is 11.6 Å². The fourth-order valence-electron chi connectivity index (χ4n) is 1.28. The van der Waals surface area contributed by atoms with Crippen LogP contribution in [-0.2, 0) is 0 Å². The Bertz CT molecular complexity index is 527. The van der Waals surface area contributed by atoms with E-state index in [0.29, 0.717) is 12.0 Å². The minimum Gasteiger partial charge on any atom is -0.296 e. The van der Waals surface area contributed by atoms with Gasteiger partial charge in [-0.3, -0.25) is 14.9 Å². The van der Waals surface area contributed by atoms with Gasteiger partial charge in [-0.15, -0.1) is 5.10 Å². The van der Waals surface area contributed by atoms with Gasteiger partial charge in [0.05, 0.1) is 11.7 Å². The average Bonchev–Trinajstić information content (AvgIpc) is 2.93. The van der Waals surface area contributed by atoms with E-state index in [0.717, 1.165) is 5.52 Å². The molecule has 17 heavy (non-hydrogen) atoms. The SMILES string of the molecule is O=Cc1c[nH]nn1.c1ccc2ncccc2c1. The van der Waals surface area contributed by atoms with Crippen LogP contribution in [0.3, 0.4) is 0 Å². The summed E-state index contributed by atoms with van der Waals surface area (Å²) in [6.45, 7) is 0. The third-order valence-corrected chi connectivity index (χ3v) is 2.07. The van der Waals surface area contributed by atoms with Gasteiger partial charge in [-0.05, 0) is 12.1 Å². The molecule has 0 fully saturated rings. The van der Waals surface area contributed by atoms with Gasteiger partial charge in [0.2, 0.25) is 0 Å². The zero-order valence-corrected chi connectivity index (χ0v) is 8.95. The summed E-state index contributed by atoms with van der Waals surface area (Å²) in [5, 5.41) is 10.2. The number of carbonyl (C=O) groups excluding carboxylic acids is 1. The van der Waals surface area contributed by atoms with Crippen molar-refractivity contribution in [2.24, 2.45) is 0 Å². The van der Waals surface area contributed by atoms with Crippen LogP contribution in [0.5, 0.6) is 0 Å². The van der Waals surface area contributed by atoms with Gasteiger partial charge >= 0.3 is 0 Å². The molecule has 84 valence electrons. The maximum Gasteiger partial charge on any atom is 0.171 e. The van der Waals surface area contributed by atoms with E-state index in [2.05, 4.69) is 32.5 Å². The number of nitrogens with one attached hydrogen (secondary N) is 1. The van der Waals surface area contributed by atoms with Crippen LogP contribution in [0.2, 0.25) is 0 Å². The van der Waals surface area contributed by atoms with Crippen LogP contribution >= 0.6 is 0 Å². The minimum atomic E-state index is 0.333. The number of pyridine rings is 1. The lowest BCUT2D eigenvalue weighted by molar-refractivity contribution is 0.111. The van der Waals surface area contributed by atoms with Crippen LogP contribution < -0.4 is 0 Å². The highest BCUT2D eigenvalue weighted by atomic mass is 16.1. The molecule has 0 spiro atoms. The van der Waals surface area contributed by atoms with Crippen molar-refractivity contribution in [2.75, 3.05) is 0 Å². The molecular weight excluding hydrogens is 216 g/mol. The quantitative estimate of drug-likeness (QED) is 0.643. The van der Waals surface area contributed by atoms with Gasteiger partial charge < -0.3 is 0 Å². The van der Waals surface area contributed by atoms with E-state index in [4.69, 9.17) is 0 Å². The van der Waals surface area contributed by atoms with Gasteiger partial charge in [-0.25, -0.2) is 0 Å². The summed E-state index contributed by atoms with van der Waals surface area (Å²) in [6.07, 6.45) is 3.86.